The molecular formula is C19H25FN4O. The van der Waals surface area contributed by atoms with Crippen molar-refractivity contribution in [2.24, 2.45) is 0 Å². The van der Waals surface area contributed by atoms with Crippen molar-refractivity contribution in [3.05, 3.63) is 48.7 Å². The standard InChI is InChI=1S/C19H25FN4O/c1-14(2)23-6-5-7-24(9-8-23)19-12-21-11-18(22-19)17(16(4)20)10-15(3)13-25/h10-14H,3-9H2,1-2H3/b17-10+. The van der Waals surface area contributed by atoms with E-state index in [0.717, 1.165) is 32.6 Å². The minimum absolute atomic E-state index is 0.130. The van der Waals surface area contributed by atoms with Crippen LogP contribution in [0.2, 0.25) is 0 Å². The van der Waals surface area contributed by atoms with Gasteiger partial charge < -0.3 is 4.90 Å². The molecule has 0 saturated carbocycles. The number of rotatable bonds is 6. The molecule has 0 N–H and O–H groups in total. The molecular weight excluding hydrogens is 319 g/mol. The predicted molar refractivity (Wildman–Crippen MR) is 99.0 cm³/mol. The molecule has 0 aromatic carbocycles. The highest BCUT2D eigenvalue weighted by atomic mass is 19.1. The molecule has 1 fully saturated rings. The molecule has 1 aromatic heterocycles. The van der Waals surface area contributed by atoms with Gasteiger partial charge >= 0.3 is 0 Å². The van der Waals surface area contributed by atoms with Gasteiger partial charge in [0.1, 0.15) is 17.9 Å². The normalized spacial score (nSPS) is 16.6. The topological polar surface area (TPSA) is 49.3 Å². The molecule has 0 aliphatic carbocycles. The van der Waals surface area contributed by atoms with Gasteiger partial charge in [-0.3, -0.25) is 14.7 Å². The molecule has 0 spiro atoms. The van der Waals surface area contributed by atoms with Crippen molar-refractivity contribution >= 4 is 17.7 Å². The van der Waals surface area contributed by atoms with E-state index >= 15 is 0 Å². The first-order chi connectivity index (χ1) is 11.9. The fourth-order valence-electron chi connectivity index (χ4n) is 2.83. The van der Waals surface area contributed by atoms with Gasteiger partial charge in [0.25, 0.3) is 0 Å². The van der Waals surface area contributed by atoms with Crippen molar-refractivity contribution in [3.8, 4) is 0 Å². The Hall–Kier alpha value is -2.34. The minimum atomic E-state index is -0.670. The molecule has 134 valence electrons. The number of aldehydes is 1. The number of aromatic nitrogens is 2. The van der Waals surface area contributed by atoms with Gasteiger partial charge in [-0.05, 0) is 26.3 Å². The Labute approximate surface area is 148 Å². The number of carbonyl (C=O) groups excluding carboxylic acids is 1. The van der Waals surface area contributed by atoms with Crippen molar-refractivity contribution in [2.45, 2.75) is 26.3 Å². The average molecular weight is 344 g/mol. The smallest absolute Gasteiger partial charge is 0.149 e. The predicted octanol–water partition coefficient (Wildman–Crippen LogP) is 3.02. The Balaban J connectivity index is 2.25. The van der Waals surface area contributed by atoms with E-state index in [9.17, 15) is 9.18 Å². The molecule has 1 saturated heterocycles. The van der Waals surface area contributed by atoms with E-state index in [1.54, 1.807) is 6.20 Å². The van der Waals surface area contributed by atoms with Gasteiger partial charge in [0.15, 0.2) is 0 Å². The zero-order chi connectivity index (χ0) is 18.4. The van der Waals surface area contributed by atoms with E-state index in [2.05, 4.69) is 46.8 Å². The maximum Gasteiger partial charge on any atom is 0.149 e. The third-order valence-electron chi connectivity index (χ3n) is 4.26. The molecule has 1 aliphatic rings. The maximum atomic E-state index is 13.8. The summed E-state index contributed by atoms with van der Waals surface area (Å²) in [5.41, 5.74) is 0.631. The lowest BCUT2D eigenvalue weighted by Crippen LogP contribution is -2.35. The highest BCUT2D eigenvalue weighted by Gasteiger charge is 2.19. The maximum absolute atomic E-state index is 13.8. The Morgan fingerprint density at radius 3 is 2.64 bits per heavy atom. The third-order valence-corrected chi connectivity index (χ3v) is 4.26. The van der Waals surface area contributed by atoms with Crippen LogP contribution in [-0.4, -0.2) is 53.4 Å². The van der Waals surface area contributed by atoms with Crippen LogP contribution in [0.15, 0.2) is 43.0 Å². The van der Waals surface area contributed by atoms with Crippen LogP contribution in [0, 0.1) is 0 Å². The van der Waals surface area contributed by atoms with Gasteiger partial charge in [-0.25, -0.2) is 9.37 Å². The van der Waals surface area contributed by atoms with Crippen molar-refractivity contribution in [2.75, 3.05) is 31.1 Å². The molecule has 2 heterocycles. The Morgan fingerprint density at radius 1 is 1.24 bits per heavy atom. The van der Waals surface area contributed by atoms with Gasteiger partial charge in [-0.2, -0.15) is 0 Å². The van der Waals surface area contributed by atoms with Crippen LogP contribution < -0.4 is 4.90 Å². The van der Waals surface area contributed by atoms with Gasteiger partial charge in [-0.15, -0.1) is 0 Å². The second-order valence-corrected chi connectivity index (χ2v) is 6.39. The number of anilines is 1. The summed E-state index contributed by atoms with van der Waals surface area (Å²) in [6.07, 6.45) is 6.09. The second-order valence-electron chi connectivity index (χ2n) is 6.39. The van der Waals surface area contributed by atoms with Crippen LogP contribution in [0.1, 0.15) is 26.0 Å². The van der Waals surface area contributed by atoms with Gasteiger partial charge in [-0.1, -0.05) is 13.2 Å². The Kier molecular flexibility index (Phi) is 6.58. The number of nitrogens with zero attached hydrogens (tertiary/aromatic N) is 4. The van der Waals surface area contributed by atoms with Crippen LogP contribution in [0.5, 0.6) is 0 Å². The van der Waals surface area contributed by atoms with Crippen molar-refractivity contribution in [1.82, 2.24) is 14.9 Å². The lowest BCUT2D eigenvalue weighted by Gasteiger charge is -2.25. The number of carbonyl (C=O) groups is 1. The third kappa shape index (κ3) is 5.06. The van der Waals surface area contributed by atoms with E-state index in [0.29, 0.717) is 23.8 Å². The van der Waals surface area contributed by atoms with Crippen LogP contribution >= 0.6 is 0 Å². The molecule has 5 nitrogen and oxygen atoms in total. The fraction of sp³-hybridized carbons (Fsp3) is 0.421. The summed E-state index contributed by atoms with van der Waals surface area (Å²) in [6.45, 7) is 15.0. The van der Waals surface area contributed by atoms with Crippen molar-refractivity contribution < 1.29 is 9.18 Å². The van der Waals surface area contributed by atoms with Crippen molar-refractivity contribution in [1.29, 1.82) is 0 Å². The van der Waals surface area contributed by atoms with Gasteiger partial charge in [0.05, 0.1) is 18.1 Å². The molecule has 1 aromatic rings. The largest absolute Gasteiger partial charge is 0.354 e. The molecule has 0 amide bonds. The first-order valence-electron chi connectivity index (χ1n) is 8.44. The van der Waals surface area contributed by atoms with Gasteiger partial charge in [0.2, 0.25) is 0 Å². The first kappa shape index (κ1) is 19.0. The SMILES string of the molecule is C=C(C=O)/C=C(\C(=C)F)c1cncc(N2CCCN(C(C)C)CC2)n1. The zero-order valence-corrected chi connectivity index (χ0v) is 14.9. The molecule has 0 atom stereocenters. The van der Waals surface area contributed by atoms with Crippen LogP contribution in [0.4, 0.5) is 10.2 Å². The van der Waals surface area contributed by atoms with Crippen LogP contribution in [0.3, 0.4) is 0 Å². The summed E-state index contributed by atoms with van der Waals surface area (Å²) in [6, 6.07) is 0.510. The quantitative estimate of drug-likeness (QED) is 0.451. The van der Waals surface area contributed by atoms with E-state index in [4.69, 9.17) is 0 Å². The lowest BCUT2D eigenvalue weighted by molar-refractivity contribution is -0.104. The Bertz CT molecular complexity index is 684. The average Bonchev–Trinajstić information content (AvgIpc) is 2.85. The van der Waals surface area contributed by atoms with Crippen molar-refractivity contribution in [3.63, 3.8) is 0 Å². The second kappa shape index (κ2) is 8.67. The van der Waals surface area contributed by atoms with Crippen LogP contribution in [-0.2, 0) is 4.79 Å². The van der Waals surface area contributed by atoms with E-state index in [-0.39, 0.29) is 11.1 Å². The summed E-state index contributed by atoms with van der Waals surface area (Å²) in [5, 5.41) is 0. The lowest BCUT2D eigenvalue weighted by atomic mass is 10.1. The number of hydrogen-bond donors (Lipinski definition) is 0. The van der Waals surface area contributed by atoms with E-state index in [1.165, 1.54) is 12.3 Å². The molecule has 25 heavy (non-hydrogen) atoms. The minimum Gasteiger partial charge on any atom is -0.354 e. The molecule has 2 rings (SSSR count). The molecule has 0 radical (unpaired) electrons. The van der Waals surface area contributed by atoms with E-state index in [1.807, 2.05) is 0 Å². The summed E-state index contributed by atoms with van der Waals surface area (Å²) < 4.78 is 13.8. The number of halogens is 1. The number of hydrogen-bond acceptors (Lipinski definition) is 5. The highest BCUT2D eigenvalue weighted by Crippen LogP contribution is 2.24. The summed E-state index contributed by atoms with van der Waals surface area (Å²) in [5.74, 6) is 0.0308. The zero-order valence-electron chi connectivity index (χ0n) is 14.9. The molecule has 1 aliphatic heterocycles. The molecule has 0 bridgehead atoms. The van der Waals surface area contributed by atoms with E-state index < -0.39 is 5.83 Å². The summed E-state index contributed by atoms with van der Waals surface area (Å²) in [4.78, 5) is 24.1. The number of allylic oxidation sites excluding steroid dienone is 4. The van der Waals surface area contributed by atoms with Crippen LogP contribution in [0.25, 0.3) is 5.57 Å². The Morgan fingerprint density at radius 2 is 2.00 bits per heavy atom. The first-order valence-corrected chi connectivity index (χ1v) is 8.44. The molecule has 0 unspecified atom stereocenters. The fourth-order valence-corrected chi connectivity index (χ4v) is 2.83. The highest BCUT2D eigenvalue weighted by molar-refractivity contribution is 5.85. The summed E-state index contributed by atoms with van der Waals surface area (Å²) in [7, 11) is 0. The monoisotopic (exact) mass is 344 g/mol. The summed E-state index contributed by atoms with van der Waals surface area (Å²) >= 11 is 0. The van der Waals surface area contributed by atoms with Gasteiger partial charge in [0, 0.05) is 43.4 Å². The molecule has 6 heteroatoms.